The van der Waals surface area contributed by atoms with Gasteiger partial charge in [0.2, 0.25) is 5.95 Å². The van der Waals surface area contributed by atoms with Gasteiger partial charge in [0, 0.05) is 41.8 Å². The van der Waals surface area contributed by atoms with Gasteiger partial charge >= 0.3 is 0 Å². The number of ketones is 1. The molecule has 172 valence electrons. The van der Waals surface area contributed by atoms with Crippen LogP contribution < -0.4 is 14.9 Å². The Bertz CT molecular complexity index is 1260. The predicted octanol–water partition coefficient (Wildman–Crippen LogP) is 3.37. The van der Waals surface area contributed by atoms with Crippen molar-refractivity contribution in [1.29, 1.82) is 0 Å². The van der Waals surface area contributed by atoms with E-state index in [0.717, 1.165) is 24.5 Å². The summed E-state index contributed by atoms with van der Waals surface area (Å²) in [5.74, 6) is 1.11. The van der Waals surface area contributed by atoms with Gasteiger partial charge < -0.3 is 15.0 Å². The zero-order chi connectivity index (χ0) is 23.4. The van der Waals surface area contributed by atoms with E-state index in [0.29, 0.717) is 36.2 Å². The fourth-order valence-electron chi connectivity index (χ4n) is 3.39. The van der Waals surface area contributed by atoms with Crippen LogP contribution in [0, 0.1) is 6.92 Å². The molecule has 0 saturated carbocycles. The molecular formula is C23H25N5O4S. The number of aryl methyl sites for hydroxylation is 1. The second kappa shape index (κ2) is 9.55. The number of hydrogen-bond acceptors (Lipinski definition) is 8. The minimum Gasteiger partial charge on any atom is -0.378 e. The molecule has 1 saturated heterocycles. The van der Waals surface area contributed by atoms with E-state index >= 15 is 0 Å². The summed E-state index contributed by atoms with van der Waals surface area (Å²) in [6.45, 7) is 6.09. The number of morpholine rings is 1. The van der Waals surface area contributed by atoms with Crippen molar-refractivity contribution in [2.75, 3.05) is 41.2 Å². The molecule has 0 radical (unpaired) electrons. The highest BCUT2D eigenvalue weighted by molar-refractivity contribution is 7.92. The highest BCUT2D eigenvalue weighted by Gasteiger charge is 2.17. The fourth-order valence-corrected chi connectivity index (χ4v) is 4.49. The molecule has 1 fully saturated rings. The molecule has 10 heteroatoms. The number of rotatable bonds is 7. The monoisotopic (exact) mass is 467 g/mol. The van der Waals surface area contributed by atoms with Crippen molar-refractivity contribution in [1.82, 2.24) is 9.97 Å². The molecule has 0 atom stereocenters. The Labute approximate surface area is 192 Å². The maximum atomic E-state index is 12.7. The number of nitrogens with one attached hydrogen (secondary N) is 2. The van der Waals surface area contributed by atoms with Crippen molar-refractivity contribution in [3.8, 4) is 0 Å². The largest absolute Gasteiger partial charge is 0.378 e. The summed E-state index contributed by atoms with van der Waals surface area (Å²) in [6.07, 6.45) is 0. The van der Waals surface area contributed by atoms with Crippen LogP contribution in [0.25, 0.3) is 0 Å². The summed E-state index contributed by atoms with van der Waals surface area (Å²) in [5.41, 5.74) is 2.34. The molecule has 0 bridgehead atoms. The Balaban J connectivity index is 1.47. The predicted molar refractivity (Wildman–Crippen MR) is 127 cm³/mol. The van der Waals surface area contributed by atoms with Crippen LogP contribution in [0.5, 0.6) is 0 Å². The van der Waals surface area contributed by atoms with Crippen LogP contribution in [0.1, 0.15) is 23.0 Å². The number of aromatic nitrogens is 2. The number of sulfonamides is 1. The van der Waals surface area contributed by atoms with Gasteiger partial charge in [-0.25, -0.2) is 13.4 Å². The molecule has 1 aliphatic heterocycles. The molecule has 3 aromatic rings. The summed E-state index contributed by atoms with van der Waals surface area (Å²) in [6, 6.07) is 14.6. The minimum atomic E-state index is -3.82. The maximum Gasteiger partial charge on any atom is 0.261 e. The molecule has 1 aromatic heterocycles. The highest BCUT2D eigenvalue weighted by Crippen LogP contribution is 2.23. The minimum absolute atomic E-state index is 0.0319. The third kappa shape index (κ3) is 5.65. The Morgan fingerprint density at radius 1 is 1.00 bits per heavy atom. The van der Waals surface area contributed by atoms with Gasteiger partial charge in [-0.2, -0.15) is 4.98 Å². The van der Waals surface area contributed by atoms with Gasteiger partial charge in [0.25, 0.3) is 10.0 Å². The summed E-state index contributed by atoms with van der Waals surface area (Å²) < 4.78 is 33.4. The number of carbonyl (C=O) groups is 1. The van der Waals surface area contributed by atoms with Crippen LogP contribution in [-0.2, 0) is 14.8 Å². The molecule has 2 heterocycles. The lowest BCUT2D eigenvalue weighted by Gasteiger charge is -2.27. The van der Waals surface area contributed by atoms with E-state index in [1.165, 1.54) is 19.1 Å². The van der Waals surface area contributed by atoms with E-state index < -0.39 is 10.0 Å². The van der Waals surface area contributed by atoms with Crippen LogP contribution in [0.3, 0.4) is 0 Å². The Morgan fingerprint density at radius 2 is 1.70 bits per heavy atom. The number of ether oxygens (including phenoxy) is 1. The molecule has 0 amide bonds. The highest BCUT2D eigenvalue weighted by atomic mass is 32.2. The normalized spacial score (nSPS) is 14.1. The molecule has 2 N–H and O–H groups in total. The maximum absolute atomic E-state index is 12.7. The van der Waals surface area contributed by atoms with Crippen molar-refractivity contribution in [3.05, 3.63) is 65.9 Å². The molecule has 0 aliphatic carbocycles. The second-order valence-electron chi connectivity index (χ2n) is 7.69. The van der Waals surface area contributed by atoms with E-state index in [2.05, 4.69) is 24.9 Å². The molecule has 2 aromatic carbocycles. The zero-order valence-electron chi connectivity index (χ0n) is 18.4. The molecule has 1 aliphatic rings. The summed E-state index contributed by atoms with van der Waals surface area (Å²) in [4.78, 5) is 22.8. The van der Waals surface area contributed by atoms with E-state index in [1.54, 1.807) is 36.4 Å². The van der Waals surface area contributed by atoms with Gasteiger partial charge in [-0.05, 0) is 50.2 Å². The van der Waals surface area contributed by atoms with Crippen LogP contribution in [-0.4, -0.2) is 50.5 Å². The first kappa shape index (κ1) is 22.7. The molecule has 9 nitrogen and oxygen atoms in total. The number of nitrogens with zero attached hydrogens (tertiary/aromatic N) is 3. The number of anilines is 4. The van der Waals surface area contributed by atoms with Crippen molar-refractivity contribution < 1.29 is 17.9 Å². The van der Waals surface area contributed by atoms with E-state index in [1.807, 2.05) is 13.0 Å². The lowest BCUT2D eigenvalue weighted by atomic mass is 10.2. The van der Waals surface area contributed by atoms with Gasteiger partial charge in [-0.3, -0.25) is 9.52 Å². The second-order valence-corrected chi connectivity index (χ2v) is 9.37. The number of hydrogen-bond donors (Lipinski definition) is 2. The standard InChI is InChI=1S/C23H25N5O4S/c1-16-14-22(26-23(24-16)28-10-12-32-13-11-28)25-19-6-8-20(9-7-19)27-33(30,31)21-5-3-4-18(15-21)17(2)29/h3-9,14-15,27H,10-13H2,1-2H3,(H,24,25,26). The lowest BCUT2D eigenvalue weighted by Crippen LogP contribution is -2.37. The number of carbonyl (C=O) groups excluding carboxylic acids is 1. The van der Waals surface area contributed by atoms with Crippen LogP contribution in [0.2, 0.25) is 0 Å². The van der Waals surface area contributed by atoms with Gasteiger partial charge in [-0.15, -0.1) is 0 Å². The molecule has 33 heavy (non-hydrogen) atoms. The van der Waals surface area contributed by atoms with Crippen molar-refractivity contribution >= 4 is 38.9 Å². The first-order valence-electron chi connectivity index (χ1n) is 10.5. The van der Waals surface area contributed by atoms with Crippen LogP contribution in [0.15, 0.2) is 59.5 Å². The van der Waals surface area contributed by atoms with Gasteiger partial charge in [0.05, 0.1) is 18.1 Å². The van der Waals surface area contributed by atoms with E-state index in [4.69, 9.17) is 4.74 Å². The molecule has 4 rings (SSSR count). The van der Waals surface area contributed by atoms with E-state index in [9.17, 15) is 13.2 Å². The third-order valence-corrected chi connectivity index (χ3v) is 6.48. The summed E-state index contributed by atoms with van der Waals surface area (Å²) >= 11 is 0. The summed E-state index contributed by atoms with van der Waals surface area (Å²) in [5, 5.41) is 3.24. The summed E-state index contributed by atoms with van der Waals surface area (Å²) in [7, 11) is -3.82. The SMILES string of the molecule is CC(=O)c1cccc(S(=O)(=O)Nc2ccc(Nc3cc(C)nc(N4CCOCC4)n3)cc2)c1. The topological polar surface area (TPSA) is 114 Å². The van der Waals surface area contributed by atoms with Crippen LogP contribution >= 0.6 is 0 Å². The molecular weight excluding hydrogens is 442 g/mol. The van der Waals surface area contributed by atoms with Gasteiger partial charge in [0.15, 0.2) is 5.78 Å². The van der Waals surface area contributed by atoms with Crippen molar-refractivity contribution in [2.24, 2.45) is 0 Å². The smallest absolute Gasteiger partial charge is 0.261 e. The van der Waals surface area contributed by atoms with Crippen molar-refractivity contribution in [2.45, 2.75) is 18.7 Å². The zero-order valence-corrected chi connectivity index (χ0v) is 19.2. The number of Topliss-reactive ketones (excluding diaryl/α,β-unsaturated/α-hetero) is 1. The third-order valence-electron chi connectivity index (χ3n) is 5.10. The Kier molecular flexibility index (Phi) is 6.57. The number of benzene rings is 2. The quantitative estimate of drug-likeness (QED) is 0.509. The average molecular weight is 468 g/mol. The van der Waals surface area contributed by atoms with Gasteiger partial charge in [0.1, 0.15) is 5.82 Å². The lowest BCUT2D eigenvalue weighted by molar-refractivity contribution is 0.101. The first-order chi connectivity index (χ1) is 15.8. The average Bonchev–Trinajstić information content (AvgIpc) is 2.80. The van der Waals surface area contributed by atoms with Crippen molar-refractivity contribution in [3.63, 3.8) is 0 Å². The Hall–Kier alpha value is -3.50. The first-order valence-corrected chi connectivity index (χ1v) is 12.0. The Morgan fingerprint density at radius 3 is 2.39 bits per heavy atom. The van der Waals surface area contributed by atoms with Gasteiger partial charge in [-0.1, -0.05) is 12.1 Å². The molecule has 0 unspecified atom stereocenters. The van der Waals surface area contributed by atoms with E-state index in [-0.39, 0.29) is 10.7 Å². The van der Waals surface area contributed by atoms with Crippen LogP contribution in [0.4, 0.5) is 23.1 Å². The fraction of sp³-hybridized carbons (Fsp3) is 0.261. The molecule has 0 spiro atoms.